The molecule has 2 aromatic rings. The van der Waals surface area contributed by atoms with E-state index in [1.165, 1.54) is 28.1 Å². The number of hydrogen-bond donors (Lipinski definition) is 1. The third-order valence-electron chi connectivity index (χ3n) is 4.27. The number of nitrogens with one attached hydrogen (secondary N) is 1. The molecule has 1 aliphatic rings. The molecule has 0 spiro atoms. The Bertz CT molecular complexity index is 552. The fourth-order valence-electron chi connectivity index (χ4n) is 2.78. The van der Waals surface area contributed by atoms with Crippen molar-refractivity contribution in [3.63, 3.8) is 0 Å². The molecule has 0 saturated carbocycles. The molecule has 1 fully saturated rings. The van der Waals surface area contributed by atoms with E-state index >= 15 is 0 Å². The second kappa shape index (κ2) is 5.06. The van der Waals surface area contributed by atoms with Crippen LogP contribution in [0.4, 0.5) is 0 Å². The summed E-state index contributed by atoms with van der Waals surface area (Å²) in [5.74, 6) is 0. The summed E-state index contributed by atoms with van der Waals surface area (Å²) in [4.78, 5) is 5.79. The van der Waals surface area contributed by atoms with Gasteiger partial charge in [0.2, 0.25) is 0 Å². The van der Waals surface area contributed by atoms with Crippen molar-refractivity contribution in [2.75, 3.05) is 13.1 Å². The number of aryl methyl sites for hydroxylation is 3. The van der Waals surface area contributed by atoms with Crippen LogP contribution in [0.15, 0.2) is 29.8 Å². The Morgan fingerprint density at radius 2 is 1.95 bits per heavy atom. The first-order chi connectivity index (χ1) is 9.20. The van der Waals surface area contributed by atoms with Gasteiger partial charge in [0.1, 0.15) is 0 Å². The lowest BCUT2D eigenvalue weighted by molar-refractivity contribution is 0.258. The Morgan fingerprint density at radius 1 is 1.21 bits per heavy atom. The maximum absolute atomic E-state index is 4.35. The van der Waals surface area contributed by atoms with E-state index in [1.807, 2.05) is 5.51 Å². The first kappa shape index (κ1) is 12.8. The van der Waals surface area contributed by atoms with Gasteiger partial charge in [-0.25, -0.2) is 4.98 Å². The maximum atomic E-state index is 4.35. The molecule has 1 N–H and O–H groups in total. The van der Waals surface area contributed by atoms with Gasteiger partial charge in [-0.2, -0.15) is 0 Å². The number of rotatable bonds is 4. The molecule has 100 valence electrons. The van der Waals surface area contributed by atoms with E-state index in [9.17, 15) is 0 Å². The molecule has 1 aliphatic heterocycles. The molecule has 0 atom stereocenters. The average Bonchev–Trinajstić information content (AvgIpc) is 2.76. The predicted octanol–water partition coefficient (Wildman–Crippen LogP) is 3.23. The molecule has 0 unspecified atom stereocenters. The van der Waals surface area contributed by atoms with Gasteiger partial charge in [0, 0.05) is 23.4 Å². The largest absolute Gasteiger partial charge is 0.315 e. The van der Waals surface area contributed by atoms with Crippen molar-refractivity contribution in [3.8, 4) is 0 Å². The Balaban J connectivity index is 1.76. The molecule has 1 saturated heterocycles. The summed E-state index contributed by atoms with van der Waals surface area (Å²) >= 11 is 1.79. The standard InChI is InChI=1S/C16H20N2S/c1-12-3-5-14(6-4-12)16(9-17-10-16)8-7-15-13(2)18-11-19-15/h3-6,11,17H,7-10H2,1-2H3. The summed E-state index contributed by atoms with van der Waals surface area (Å²) in [5.41, 5.74) is 6.33. The van der Waals surface area contributed by atoms with Gasteiger partial charge in [-0.3, -0.25) is 0 Å². The number of thiazole rings is 1. The van der Waals surface area contributed by atoms with E-state index in [0.717, 1.165) is 19.5 Å². The Labute approximate surface area is 118 Å². The number of nitrogens with zero attached hydrogens (tertiary/aromatic N) is 1. The molecule has 2 heterocycles. The number of hydrogen-bond acceptors (Lipinski definition) is 3. The lowest BCUT2D eigenvalue weighted by atomic mass is 9.71. The molecule has 0 bridgehead atoms. The van der Waals surface area contributed by atoms with Crippen LogP contribution in [0.2, 0.25) is 0 Å². The van der Waals surface area contributed by atoms with Crippen molar-refractivity contribution in [2.24, 2.45) is 0 Å². The zero-order chi connectivity index (χ0) is 13.3. The number of benzene rings is 1. The zero-order valence-corrected chi connectivity index (χ0v) is 12.4. The smallest absolute Gasteiger partial charge is 0.0797 e. The Hall–Kier alpha value is -1.19. The summed E-state index contributed by atoms with van der Waals surface area (Å²) in [6.45, 7) is 6.47. The van der Waals surface area contributed by atoms with E-state index in [4.69, 9.17) is 0 Å². The van der Waals surface area contributed by atoms with Crippen molar-refractivity contribution < 1.29 is 0 Å². The van der Waals surface area contributed by atoms with E-state index in [0.29, 0.717) is 5.41 Å². The van der Waals surface area contributed by atoms with Gasteiger partial charge >= 0.3 is 0 Å². The molecule has 3 heteroatoms. The summed E-state index contributed by atoms with van der Waals surface area (Å²) in [7, 11) is 0. The highest BCUT2D eigenvalue weighted by molar-refractivity contribution is 7.09. The monoisotopic (exact) mass is 272 g/mol. The van der Waals surface area contributed by atoms with Crippen molar-refractivity contribution >= 4 is 11.3 Å². The first-order valence-electron chi connectivity index (χ1n) is 6.86. The lowest BCUT2D eigenvalue weighted by Gasteiger charge is -2.43. The van der Waals surface area contributed by atoms with Gasteiger partial charge in [-0.05, 0) is 32.3 Å². The van der Waals surface area contributed by atoms with Crippen molar-refractivity contribution in [1.29, 1.82) is 0 Å². The van der Waals surface area contributed by atoms with E-state index in [1.54, 1.807) is 11.3 Å². The topological polar surface area (TPSA) is 24.9 Å². The van der Waals surface area contributed by atoms with Gasteiger partial charge in [-0.1, -0.05) is 29.8 Å². The van der Waals surface area contributed by atoms with Crippen LogP contribution in [0.3, 0.4) is 0 Å². The molecule has 1 aromatic carbocycles. The van der Waals surface area contributed by atoms with Crippen LogP contribution in [-0.4, -0.2) is 18.1 Å². The molecule has 2 nitrogen and oxygen atoms in total. The number of aromatic nitrogens is 1. The molecule has 3 rings (SSSR count). The minimum absolute atomic E-state index is 0.337. The molecule has 1 aromatic heterocycles. The summed E-state index contributed by atoms with van der Waals surface area (Å²) in [6.07, 6.45) is 2.36. The van der Waals surface area contributed by atoms with Crippen molar-refractivity contribution in [1.82, 2.24) is 10.3 Å². The second-order valence-corrected chi connectivity index (χ2v) is 6.55. The molecular weight excluding hydrogens is 252 g/mol. The normalized spacial score (nSPS) is 17.2. The lowest BCUT2D eigenvalue weighted by Crippen LogP contribution is -2.57. The van der Waals surface area contributed by atoms with Gasteiger partial charge in [0.15, 0.2) is 0 Å². The van der Waals surface area contributed by atoms with E-state index in [2.05, 4.69) is 48.4 Å². The minimum Gasteiger partial charge on any atom is -0.315 e. The SMILES string of the molecule is Cc1ccc(C2(CCc3scnc3C)CNC2)cc1. The van der Waals surface area contributed by atoms with Crippen molar-refractivity contribution in [3.05, 3.63) is 51.5 Å². The van der Waals surface area contributed by atoms with Crippen LogP contribution in [0.25, 0.3) is 0 Å². The summed E-state index contributed by atoms with van der Waals surface area (Å²) < 4.78 is 0. The van der Waals surface area contributed by atoms with Crippen LogP contribution in [0.5, 0.6) is 0 Å². The molecular formula is C16H20N2S. The maximum Gasteiger partial charge on any atom is 0.0797 e. The van der Waals surface area contributed by atoms with Crippen LogP contribution in [0, 0.1) is 13.8 Å². The van der Waals surface area contributed by atoms with Gasteiger partial charge in [0.05, 0.1) is 11.2 Å². The fourth-order valence-corrected chi connectivity index (χ4v) is 3.56. The average molecular weight is 272 g/mol. The van der Waals surface area contributed by atoms with Gasteiger partial charge in [-0.15, -0.1) is 11.3 Å². The van der Waals surface area contributed by atoms with E-state index in [-0.39, 0.29) is 0 Å². The zero-order valence-electron chi connectivity index (χ0n) is 11.6. The van der Waals surface area contributed by atoms with Gasteiger partial charge < -0.3 is 5.32 Å². The van der Waals surface area contributed by atoms with E-state index < -0.39 is 0 Å². The van der Waals surface area contributed by atoms with Crippen LogP contribution in [-0.2, 0) is 11.8 Å². The molecule has 0 amide bonds. The fraction of sp³-hybridized carbons (Fsp3) is 0.438. The minimum atomic E-state index is 0.337. The third-order valence-corrected chi connectivity index (χ3v) is 5.26. The first-order valence-corrected chi connectivity index (χ1v) is 7.74. The highest BCUT2D eigenvalue weighted by atomic mass is 32.1. The molecule has 0 radical (unpaired) electrons. The van der Waals surface area contributed by atoms with Crippen LogP contribution >= 0.6 is 11.3 Å². The van der Waals surface area contributed by atoms with Crippen LogP contribution < -0.4 is 5.32 Å². The Kier molecular flexibility index (Phi) is 3.42. The third kappa shape index (κ3) is 2.45. The molecule has 0 aliphatic carbocycles. The quantitative estimate of drug-likeness (QED) is 0.924. The molecule has 19 heavy (non-hydrogen) atoms. The predicted molar refractivity (Wildman–Crippen MR) is 80.9 cm³/mol. The summed E-state index contributed by atoms with van der Waals surface area (Å²) in [5, 5.41) is 3.45. The van der Waals surface area contributed by atoms with Crippen LogP contribution in [0.1, 0.15) is 28.1 Å². The highest BCUT2D eigenvalue weighted by Gasteiger charge is 2.38. The Morgan fingerprint density at radius 3 is 2.47 bits per heavy atom. The second-order valence-electron chi connectivity index (χ2n) is 5.61. The summed E-state index contributed by atoms with van der Waals surface area (Å²) in [6, 6.07) is 9.06. The highest BCUT2D eigenvalue weighted by Crippen LogP contribution is 2.34. The van der Waals surface area contributed by atoms with Crippen molar-refractivity contribution in [2.45, 2.75) is 32.1 Å². The van der Waals surface area contributed by atoms with Gasteiger partial charge in [0.25, 0.3) is 0 Å².